The van der Waals surface area contributed by atoms with Gasteiger partial charge in [0.2, 0.25) is 0 Å². The van der Waals surface area contributed by atoms with Crippen molar-refractivity contribution in [2.24, 2.45) is 0 Å². The minimum atomic E-state index is -0.211. The number of carbonyl (C=O) groups is 2. The summed E-state index contributed by atoms with van der Waals surface area (Å²) in [6.45, 7) is 2.75. The standard InChI is InChI=1S/C32H48N4O3/c37-30(33-24-11-3-1-4-12-24)36-23-32(26-15-7-8-16-27(26)36)19-21-35(22-20-32)28-17-9-10-18-29(28)39-31(38)34-25-13-5-2-6-14-25/h7-8,15-16,24-25,28-29H,1-6,9-14,17-23H2,(H,33,37)(H,34,38)/t28-,29+/m1/s1. The lowest BCUT2D eigenvalue weighted by Crippen LogP contribution is -2.55. The van der Waals surface area contributed by atoms with E-state index < -0.39 is 0 Å². The third-order valence-electron chi connectivity index (χ3n) is 10.5. The van der Waals surface area contributed by atoms with Gasteiger partial charge in [0.1, 0.15) is 6.10 Å². The van der Waals surface area contributed by atoms with Crippen molar-refractivity contribution in [2.45, 2.75) is 132 Å². The van der Waals surface area contributed by atoms with Crippen LogP contribution in [0.25, 0.3) is 0 Å². The van der Waals surface area contributed by atoms with Crippen molar-refractivity contribution in [3.8, 4) is 0 Å². The summed E-state index contributed by atoms with van der Waals surface area (Å²) in [6, 6.07) is 9.56. The van der Waals surface area contributed by atoms with Crippen LogP contribution in [0.5, 0.6) is 0 Å². The van der Waals surface area contributed by atoms with Gasteiger partial charge in [0.25, 0.3) is 0 Å². The number of carbonyl (C=O) groups excluding carboxylic acids is 2. The van der Waals surface area contributed by atoms with Crippen LogP contribution in [0.3, 0.4) is 0 Å². The first-order chi connectivity index (χ1) is 19.1. The van der Waals surface area contributed by atoms with Gasteiger partial charge < -0.3 is 15.4 Å². The Kier molecular flexibility index (Phi) is 8.33. The van der Waals surface area contributed by atoms with Crippen molar-refractivity contribution < 1.29 is 14.3 Å². The molecular weight excluding hydrogens is 488 g/mol. The molecule has 1 spiro atoms. The SMILES string of the molecule is O=C(NC1CCCCC1)O[C@H]1CCCC[C@H]1N1CCC2(CC1)CN(C(=O)NC1CCCCC1)c1ccccc12. The van der Waals surface area contributed by atoms with E-state index >= 15 is 0 Å². The highest BCUT2D eigenvalue weighted by Crippen LogP contribution is 2.47. The molecular formula is C32H48N4O3. The van der Waals surface area contributed by atoms with Gasteiger partial charge in [-0.15, -0.1) is 0 Å². The second-order valence-electron chi connectivity index (χ2n) is 13.0. The van der Waals surface area contributed by atoms with Gasteiger partial charge in [-0.1, -0.05) is 63.1 Å². The lowest BCUT2D eigenvalue weighted by molar-refractivity contribution is -0.0121. The molecule has 5 aliphatic rings. The Hall–Kier alpha value is -2.28. The minimum absolute atomic E-state index is 0.0143. The summed E-state index contributed by atoms with van der Waals surface area (Å²) in [5, 5.41) is 6.52. The monoisotopic (exact) mass is 536 g/mol. The molecule has 3 aliphatic carbocycles. The van der Waals surface area contributed by atoms with Crippen molar-refractivity contribution in [1.82, 2.24) is 15.5 Å². The number of nitrogens with zero attached hydrogens (tertiary/aromatic N) is 2. The minimum Gasteiger partial charge on any atom is -0.445 e. The molecule has 2 heterocycles. The molecule has 2 N–H and O–H groups in total. The molecule has 7 heteroatoms. The first kappa shape index (κ1) is 26.9. The molecule has 0 bridgehead atoms. The zero-order valence-electron chi connectivity index (χ0n) is 23.7. The van der Waals surface area contributed by atoms with E-state index in [9.17, 15) is 9.59 Å². The summed E-state index contributed by atoms with van der Waals surface area (Å²) in [4.78, 5) is 30.9. The number of nitrogens with one attached hydrogen (secondary N) is 2. The fourth-order valence-electron chi connectivity index (χ4n) is 8.24. The van der Waals surface area contributed by atoms with Crippen molar-refractivity contribution in [1.29, 1.82) is 0 Å². The zero-order chi connectivity index (χ0) is 26.7. The number of benzene rings is 1. The molecule has 6 rings (SSSR count). The highest BCUT2D eigenvalue weighted by molar-refractivity contribution is 5.95. The average Bonchev–Trinajstić information content (AvgIpc) is 3.29. The van der Waals surface area contributed by atoms with E-state index in [1.165, 1.54) is 50.5 Å². The molecule has 2 aliphatic heterocycles. The number of fused-ring (bicyclic) bond motifs is 2. The summed E-state index contributed by atoms with van der Waals surface area (Å²) in [5.74, 6) is 0. The van der Waals surface area contributed by atoms with Crippen LogP contribution in [0, 0.1) is 0 Å². The first-order valence-electron chi connectivity index (χ1n) is 16.0. The van der Waals surface area contributed by atoms with Gasteiger partial charge in [-0.2, -0.15) is 0 Å². The van der Waals surface area contributed by atoms with Crippen LogP contribution in [0.4, 0.5) is 15.3 Å². The maximum Gasteiger partial charge on any atom is 0.407 e. The maximum atomic E-state index is 13.5. The van der Waals surface area contributed by atoms with Crippen LogP contribution in [0.1, 0.15) is 108 Å². The molecule has 1 aromatic carbocycles. The molecule has 1 saturated heterocycles. The summed E-state index contributed by atoms with van der Waals surface area (Å²) in [6.07, 6.45) is 18.0. The number of anilines is 1. The Bertz CT molecular complexity index is 995. The lowest BCUT2D eigenvalue weighted by atomic mass is 9.73. The zero-order valence-corrected chi connectivity index (χ0v) is 23.7. The number of rotatable bonds is 4. The molecule has 3 amide bonds. The first-order valence-corrected chi connectivity index (χ1v) is 16.0. The summed E-state index contributed by atoms with van der Waals surface area (Å²) < 4.78 is 6.10. The van der Waals surface area contributed by atoms with Gasteiger partial charge in [-0.3, -0.25) is 9.80 Å². The second kappa shape index (κ2) is 12.1. The highest BCUT2D eigenvalue weighted by atomic mass is 16.6. The number of likely N-dealkylation sites (tertiary alicyclic amines) is 1. The van der Waals surface area contributed by atoms with Crippen molar-refractivity contribution in [2.75, 3.05) is 24.5 Å². The van der Waals surface area contributed by atoms with Crippen molar-refractivity contribution in [3.63, 3.8) is 0 Å². The average molecular weight is 537 g/mol. The van der Waals surface area contributed by atoms with E-state index in [0.29, 0.717) is 12.1 Å². The fraction of sp³-hybridized carbons (Fsp3) is 0.750. The molecule has 39 heavy (non-hydrogen) atoms. The molecule has 7 nitrogen and oxygen atoms in total. The lowest BCUT2D eigenvalue weighted by Gasteiger charge is -2.46. The van der Waals surface area contributed by atoms with E-state index in [-0.39, 0.29) is 29.7 Å². The summed E-state index contributed by atoms with van der Waals surface area (Å²) in [7, 11) is 0. The Balaban J connectivity index is 1.09. The third kappa shape index (κ3) is 5.94. The van der Waals surface area contributed by atoms with E-state index in [4.69, 9.17) is 4.74 Å². The number of alkyl carbamates (subject to hydrolysis) is 1. The van der Waals surface area contributed by atoms with E-state index in [2.05, 4.69) is 39.8 Å². The van der Waals surface area contributed by atoms with Gasteiger partial charge >= 0.3 is 12.1 Å². The Morgan fingerprint density at radius 2 is 1.38 bits per heavy atom. The maximum absolute atomic E-state index is 13.5. The molecule has 1 aromatic rings. The van der Waals surface area contributed by atoms with Gasteiger partial charge in [0.05, 0.1) is 0 Å². The number of ether oxygens (including phenoxy) is 1. The van der Waals surface area contributed by atoms with Gasteiger partial charge in [0, 0.05) is 35.8 Å². The highest BCUT2D eigenvalue weighted by Gasteiger charge is 2.48. The molecule has 2 atom stereocenters. The Labute approximate surface area is 234 Å². The van der Waals surface area contributed by atoms with Gasteiger partial charge in [0.15, 0.2) is 0 Å². The van der Waals surface area contributed by atoms with Gasteiger partial charge in [-0.25, -0.2) is 9.59 Å². The largest absolute Gasteiger partial charge is 0.445 e. The normalized spacial score (nSPS) is 28.2. The van der Waals surface area contributed by atoms with Crippen LogP contribution in [0.2, 0.25) is 0 Å². The predicted octanol–water partition coefficient (Wildman–Crippen LogP) is 6.25. The fourth-order valence-corrected chi connectivity index (χ4v) is 8.24. The number of hydrogen-bond acceptors (Lipinski definition) is 4. The van der Waals surface area contributed by atoms with Crippen LogP contribution in [0.15, 0.2) is 24.3 Å². The predicted molar refractivity (Wildman–Crippen MR) is 154 cm³/mol. The second-order valence-corrected chi connectivity index (χ2v) is 13.0. The molecule has 4 fully saturated rings. The van der Waals surface area contributed by atoms with Crippen molar-refractivity contribution >= 4 is 17.8 Å². The summed E-state index contributed by atoms with van der Waals surface area (Å²) >= 11 is 0. The summed E-state index contributed by atoms with van der Waals surface area (Å²) in [5.41, 5.74) is 2.45. The van der Waals surface area contributed by atoms with E-state index in [1.807, 2.05) is 4.90 Å². The van der Waals surface area contributed by atoms with Crippen molar-refractivity contribution in [3.05, 3.63) is 29.8 Å². The van der Waals surface area contributed by atoms with Crippen LogP contribution in [-0.4, -0.2) is 60.9 Å². The number of piperidine rings is 1. The molecule has 0 radical (unpaired) electrons. The molecule has 0 aromatic heterocycles. The van der Waals surface area contributed by atoms with Crippen LogP contribution in [-0.2, 0) is 10.2 Å². The van der Waals surface area contributed by atoms with E-state index in [0.717, 1.165) is 83.1 Å². The Morgan fingerprint density at radius 1 is 0.769 bits per heavy atom. The van der Waals surface area contributed by atoms with E-state index in [1.54, 1.807) is 0 Å². The topological polar surface area (TPSA) is 73.9 Å². The smallest absolute Gasteiger partial charge is 0.407 e. The van der Waals surface area contributed by atoms with Crippen LogP contribution < -0.4 is 15.5 Å². The quantitative estimate of drug-likeness (QED) is 0.477. The molecule has 3 saturated carbocycles. The number of urea groups is 1. The number of amides is 3. The Morgan fingerprint density at radius 3 is 2.10 bits per heavy atom. The molecule has 0 unspecified atom stereocenters. The molecule has 214 valence electrons. The van der Waals surface area contributed by atoms with Gasteiger partial charge in [-0.05, 0) is 82.5 Å². The van der Waals surface area contributed by atoms with Crippen LogP contribution >= 0.6 is 0 Å². The number of para-hydroxylation sites is 1. The third-order valence-corrected chi connectivity index (χ3v) is 10.5. The number of hydrogen-bond donors (Lipinski definition) is 2.